The molecule has 0 saturated heterocycles. The van der Waals surface area contributed by atoms with Crippen LogP contribution in [-0.2, 0) is 4.79 Å². The molecule has 0 aromatic heterocycles. The maximum atomic E-state index is 11.3. The predicted molar refractivity (Wildman–Crippen MR) is 75.5 cm³/mol. The van der Waals surface area contributed by atoms with Crippen molar-refractivity contribution in [1.29, 1.82) is 0 Å². The summed E-state index contributed by atoms with van der Waals surface area (Å²) in [6.07, 6.45) is 0. The molecule has 3 amide bonds. The van der Waals surface area contributed by atoms with Crippen LogP contribution in [0.15, 0.2) is 16.6 Å². The van der Waals surface area contributed by atoms with Gasteiger partial charge < -0.3 is 20.3 Å². The van der Waals surface area contributed by atoms with Gasteiger partial charge in [0.2, 0.25) is 0 Å². The number of carboxylic acids is 1. The number of hydrogen-bond acceptors (Lipinski definition) is 5. The average molecular weight is 361 g/mol. The van der Waals surface area contributed by atoms with Crippen LogP contribution in [0.1, 0.15) is 17.3 Å². The van der Waals surface area contributed by atoms with Crippen LogP contribution in [0.4, 0.5) is 4.79 Å². The van der Waals surface area contributed by atoms with Crippen LogP contribution < -0.4 is 20.5 Å². The Morgan fingerprint density at radius 1 is 1.33 bits per heavy atom. The second-order valence-corrected chi connectivity index (χ2v) is 4.58. The van der Waals surface area contributed by atoms with Crippen LogP contribution in [-0.4, -0.2) is 36.2 Å². The van der Waals surface area contributed by atoms with Crippen molar-refractivity contribution in [3.63, 3.8) is 0 Å². The standard InChI is InChI=1S/C12H13BrN2O6/c1-2-20-8-4-6(11(17)18)3-7(13)10(8)21-5-9(16)15-12(14)19/h3-4H,2,5H2,1H3,(H,17,18)(H3,14,15,16,19). The highest BCUT2D eigenvalue weighted by Crippen LogP contribution is 2.36. The number of urea groups is 1. The predicted octanol–water partition coefficient (Wildman–Crippen LogP) is 1.12. The van der Waals surface area contributed by atoms with Crippen LogP contribution >= 0.6 is 15.9 Å². The van der Waals surface area contributed by atoms with Crippen molar-refractivity contribution in [3.8, 4) is 11.5 Å². The Morgan fingerprint density at radius 3 is 2.52 bits per heavy atom. The fourth-order valence-electron chi connectivity index (χ4n) is 1.41. The lowest BCUT2D eigenvalue weighted by molar-refractivity contribution is -0.121. The molecular formula is C12H13BrN2O6. The first-order valence-electron chi connectivity index (χ1n) is 5.76. The van der Waals surface area contributed by atoms with Gasteiger partial charge in [-0.1, -0.05) is 0 Å². The number of hydrogen-bond donors (Lipinski definition) is 3. The number of nitrogens with one attached hydrogen (secondary N) is 1. The summed E-state index contributed by atoms with van der Waals surface area (Å²) in [7, 11) is 0. The molecule has 0 saturated carbocycles. The monoisotopic (exact) mass is 360 g/mol. The molecule has 0 spiro atoms. The quantitative estimate of drug-likeness (QED) is 0.697. The summed E-state index contributed by atoms with van der Waals surface area (Å²) in [5, 5.41) is 10.8. The lowest BCUT2D eigenvalue weighted by atomic mass is 10.2. The third-order valence-corrected chi connectivity index (χ3v) is 2.76. The van der Waals surface area contributed by atoms with Crippen LogP contribution in [0.25, 0.3) is 0 Å². The molecule has 1 rings (SSSR count). The van der Waals surface area contributed by atoms with E-state index in [1.807, 2.05) is 5.32 Å². The SMILES string of the molecule is CCOc1cc(C(=O)O)cc(Br)c1OCC(=O)NC(N)=O. The lowest BCUT2D eigenvalue weighted by Crippen LogP contribution is -2.38. The third-order valence-electron chi connectivity index (χ3n) is 2.17. The summed E-state index contributed by atoms with van der Waals surface area (Å²) in [4.78, 5) is 32.8. The van der Waals surface area contributed by atoms with Crippen molar-refractivity contribution in [2.45, 2.75) is 6.92 Å². The number of carbonyl (C=O) groups excluding carboxylic acids is 2. The highest BCUT2D eigenvalue weighted by Gasteiger charge is 2.17. The minimum absolute atomic E-state index is 0.000683. The van der Waals surface area contributed by atoms with Crippen molar-refractivity contribution >= 4 is 33.8 Å². The average Bonchev–Trinajstić information content (AvgIpc) is 2.36. The van der Waals surface area contributed by atoms with Gasteiger partial charge in [0.1, 0.15) is 0 Å². The molecule has 0 radical (unpaired) electrons. The fourth-order valence-corrected chi connectivity index (χ4v) is 1.96. The zero-order valence-electron chi connectivity index (χ0n) is 11.0. The van der Waals surface area contributed by atoms with Gasteiger partial charge in [-0.25, -0.2) is 9.59 Å². The topological polar surface area (TPSA) is 128 Å². The first-order valence-corrected chi connectivity index (χ1v) is 6.56. The molecule has 0 atom stereocenters. The Balaban J connectivity index is 2.97. The van der Waals surface area contributed by atoms with Crippen LogP contribution in [0.3, 0.4) is 0 Å². The number of halogens is 1. The fraction of sp³-hybridized carbons (Fsp3) is 0.250. The molecule has 0 bridgehead atoms. The smallest absolute Gasteiger partial charge is 0.335 e. The minimum atomic E-state index is -1.13. The van der Waals surface area contributed by atoms with E-state index < -0.39 is 24.5 Å². The molecule has 21 heavy (non-hydrogen) atoms. The van der Waals surface area contributed by atoms with E-state index in [0.717, 1.165) is 0 Å². The molecule has 9 heteroatoms. The minimum Gasteiger partial charge on any atom is -0.490 e. The highest BCUT2D eigenvalue weighted by atomic mass is 79.9. The van der Waals surface area contributed by atoms with E-state index in [9.17, 15) is 14.4 Å². The molecule has 0 unspecified atom stereocenters. The number of nitrogens with two attached hydrogens (primary N) is 1. The van der Waals surface area contributed by atoms with Gasteiger partial charge in [-0.05, 0) is 35.0 Å². The van der Waals surface area contributed by atoms with E-state index in [0.29, 0.717) is 4.47 Å². The molecule has 114 valence electrons. The Labute approximate surface area is 128 Å². The Kier molecular flexibility index (Phi) is 5.97. The number of imide groups is 1. The largest absolute Gasteiger partial charge is 0.490 e. The van der Waals surface area contributed by atoms with E-state index in [1.165, 1.54) is 12.1 Å². The number of amides is 3. The molecule has 0 heterocycles. The molecule has 1 aromatic rings. The van der Waals surface area contributed by atoms with E-state index in [2.05, 4.69) is 15.9 Å². The van der Waals surface area contributed by atoms with Crippen molar-refractivity contribution in [1.82, 2.24) is 5.32 Å². The zero-order chi connectivity index (χ0) is 16.0. The van der Waals surface area contributed by atoms with Gasteiger partial charge in [0, 0.05) is 0 Å². The van der Waals surface area contributed by atoms with Crippen LogP contribution in [0, 0.1) is 0 Å². The highest BCUT2D eigenvalue weighted by molar-refractivity contribution is 9.10. The Bertz CT molecular complexity index is 575. The second-order valence-electron chi connectivity index (χ2n) is 3.72. The van der Waals surface area contributed by atoms with E-state index in [-0.39, 0.29) is 23.7 Å². The van der Waals surface area contributed by atoms with E-state index in [4.69, 9.17) is 20.3 Å². The second kappa shape index (κ2) is 7.48. The number of rotatable bonds is 6. The maximum Gasteiger partial charge on any atom is 0.335 e. The summed E-state index contributed by atoms with van der Waals surface area (Å²) in [6, 6.07) is 1.60. The van der Waals surface area contributed by atoms with Crippen molar-refractivity contribution in [3.05, 3.63) is 22.2 Å². The first kappa shape index (κ1) is 16.8. The Morgan fingerprint density at radius 2 is 2.00 bits per heavy atom. The number of aromatic carboxylic acids is 1. The molecule has 0 fully saturated rings. The molecule has 8 nitrogen and oxygen atoms in total. The van der Waals surface area contributed by atoms with E-state index >= 15 is 0 Å². The van der Waals surface area contributed by atoms with Gasteiger partial charge in [-0.15, -0.1) is 0 Å². The molecule has 1 aromatic carbocycles. The van der Waals surface area contributed by atoms with Gasteiger partial charge in [-0.3, -0.25) is 10.1 Å². The zero-order valence-corrected chi connectivity index (χ0v) is 12.6. The summed E-state index contributed by atoms with van der Waals surface area (Å²) in [5.74, 6) is -1.55. The van der Waals surface area contributed by atoms with Gasteiger partial charge in [-0.2, -0.15) is 0 Å². The molecule has 0 aliphatic rings. The number of carbonyl (C=O) groups is 3. The third kappa shape index (κ3) is 4.95. The lowest BCUT2D eigenvalue weighted by Gasteiger charge is -2.14. The molecule has 0 aliphatic carbocycles. The summed E-state index contributed by atoms with van der Waals surface area (Å²) < 4.78 is 10.8. The van der Waals surface area contributed by atoms with Gasteiger partial charge >= 0.3 is 12.0 Å². The summed E-state index contributed by atoms with van der Waals surface area (Å²) in [6.45, 7) is 1.51. The van der Waals surface area contributed by atoms with Gasteiger partial charge in [0.15, 0.2) is 18.1 Å². The van der Waals surface area contributed by atoms with Crippen molar-refractivity contribution in [2.24, 2.45) is 5.73 Å². The summed E-state index contributed by atoms with van der Waals surface area (Å²) >= 11 is 3.15. The maximum absolute atomic E-state index is 11.3. The van der Waals surface area contributed by atoms with Crippen molar-refractivity contribution in [2.75, 3.05) is 13.2 Å². The molecular weight excluding hydrogens is 348 g/mol. The number of carboxylic acid groups (broad SMARTS) is 1. The Hall–Kier alpha value is -2.29. The summed E-state index contributed by atoms with van der Waals surface area (Å²) in [5.41, 5.74) is 4.80. The van der Waals surface area contributed by atoms with Crippen molar-refractivity contribution < 1.29 is 29.0 Å². The molecule has 0 aliphatic heterocycles. The van der Waals surface area contributed by atoms with Gasteiger partial charge in [0.25, 0.3) is 5.91 Å². The van der Waals surface area contributed by atoms with Gasteiger partial charge in [0.05, 0.1) is 16.6 Å². The van der Waals surface area contributed by atoms with Crippen LogP contribution in [0.5, 0.6) is 11.5 Å². The number of benzene rings is 1. The van der Waals surface area contributed by atoms with Crippen LogP contribution in [0.2, 0.25) is 0 Å². The number of primary amides is 1. The van der Waals surface area contributed by atoms with E-state index in [1.54, 1.807) is 6.92 Å². The first-order chi connectivity index (χ1) is 9.85. The molecule has 4 N–H and O–H groups in total. The number of ether oxygens (including phenoxy) is 2. The normalized spacial score (nSPS) is 9.81.